The zero-order chi connectivity index (χ0) is 31.6. The number of amides is 4. The molecule has 2 heterocycles. The first-order valence-electron chi connectivity index (χ1n) is 13.7. The molecule has 2 rings (SSSR count). The predicted molar refractivity (Wildman–Crippen MR) is 151 cm³/mol. The van der Waals surface area contributed by atoms with E-state index in [4.69, 9.17) is 24.5 Å². The summed E-state index contributed by atoms with van der Waals surface area (Å²) in [5.74, 6) is -2.37. The maximum absolute atomic E-state index is 13.2. The number of carbonyl (C=O) groups excluding carboxylic acids is 3. The summed E-state index contributed by atoms with van der Waals surface area (Å²) >= 11 is 0. The summed E-state index contributed by atoms with van der Waals surface area (Å²) in [6.45, 7) is 17.3. The number of carbonyl (C=O) groups is 4. The molecule has 41 heavy (non-hydrogen) atoms. The second-order valence-corrected chi connectivity index (χ2v) is 13.5. The van der Waals surface area contributed by atoms with Crippen LogP contribution in [0, 0.1) is 5.92 Å². The van der Waals surface area contributed by atoms with Crippen molar-refractivity contribution in [1.82, 2.24) is 15.5 Å². The Morgan fingerprint density at radius 1 is 1.00 bits per heavy atom. The van der Waals surface area contributed by atoms with Gasteiger partial charge in [0.25, 0.3) is 0 Å². The minimum absolute atomic E-state index is 0.0180. The smallest absolute Gasteiger partial charge is 0.457 e. The molecule has 5 N–H and O–H groups in total. The number of rotatable bonds is 5. The van der Waals surface area contributed by atoms with Crippen molar-refractivity contribution in [1.29, 1.82) is 0 Å². The van der Waals surface area contributed by atoms with Gasteiger partial charge in [-0.25, -0.2) is 14.4 Å². The maximum Gasteiger partial charge on any atom is 0.457 e. The molecule has 0 aromatic carbocycles. The highest BCUT2D eigenvalue weighted by molar-refractivity contribution is 6.45. The molecule has 2 aliphatic rings. The third-order valence-electron chi connectivity index (χ3n) is 7.04. The molecule has 0 radical (unpaired) electrons. The normalized spacial score (nSPS) is 24.2. The van der Waals surface area contributed by atoms with Crippen LogP contribution in [0.25, 0.3) is 0 Å². The van der Waals surface area contributed by atoms with Gasteiger partial charge in [0.15, 0.2) is 0 Å². The Labute approximate surface area is 242 Å². The lowest BCUT2D eigenvalue weighted by molar-refractivity contribution is -0.144. The highest BCUT2D eigenvalue weighted by Gasteiger charge is 2.52. The van der Waals surface area contributed by atoms with Crippen LogP contribution in [0.4, 0.5) is 14.4 Å². The second-order valence-electron chi connectivity index (χ2n) is 13.5. The standard InChI is InChI=1S/C26H46BN5O9/c1-22(2,3)38-20(36)30-18(31-21(37)39-23(4,5)6)29-19(35)32-14-16(26(28,15-32)17(33)34)12-11-13-27-40-24(7,8)25(9,10)41-27/h16H,11-15,28H2,1-10H3,(H,33,34)(H2,29,30,31,35,36,37)/t16-,26-/m1/s1. The summed E-state index contributed by atoms with van der Waals surface area (Å²) in [6, 6.07) is -0.812. The van der Waals surface area contributed by atoms with E-state index in [2.05, 4.69) is 15.6 Å². The lowest BCUT2D eigenvalue weighted by Crippen LogP contribution is -2.56. The van der Waals surface area contributed by atoms with Crippen LogP contribution in [-0.2, 0) is 23.6 Å². The number of hydrogen-bond donors (Lipinski definition) is 4. The van der Waals surface area contributed by atoms with Crippen LogP contribution in [-0.4, -0.2) is 88.3 Å². The molecule has 2 saturated heterocycles. The van der Waals surface area contributed by atoms with Gasteiger partial charge in [-0.3, -0.25) is 15.4 Å². The number of hydrogen-bond acceptors (Lipinski definition) is 9. The van der Waals surface area contributed by atoms with E-state index in [1.165, 1.54) is 4.90 Å². The molecule has 0 bridgehead atoms. The molecule has 0 aliphatic carbocycles. The van der Waals surface area contributed by atoms with Crippen LogP contribution >= 0.6 is 0 Å². The Balaban J connectivity index is 2.12. The molecule has 232 valence electrons. The first kappa shape index (κ1) is 34.3. The van der Waals surface area contributed by atoms with Crippen molar-refractivity contribution in [3.63, 3.8) is 0 Å². The van der Waals surface area contributed by atoms with Crippen molar-refractivity contribution in [3.8, 4) is 0 Å². The quantitative estimate of drug-likeness (QED) is 0.212. The SMILES string of the molecule is CC(C)(C)OC(=O)N=C(NC(=O)OC(C)(C)C)NC(=O)N1C[C@@H](CCCB2OC(C)(C)C(C)(C)O2)[C@@](N)(C(=O)O)C1. The number of carboxylic acids is 1. The minimum atomic E-state index is -1.71. The van der Waals surface area contributed by atoms with Gasteiger partial charge in [-0.05, 0) is 82.0 Å². The number of likely N-dealkylation sites (tertiary alicyclic amines) is 1. The van der Waals surface area contributed by atoms with Crippen molar-refractivity contribution in [3.05, 3.63) is 0 Å². The van der Waals surface area contributed by atoms with Crippen molar-refractivity contribution in [2.24, 2.45) is 16.6 Å². The fraction of sp³-hybridized carbons (Fsp3) is 0.808. The van der Waals surface area contributed by atoms with Crippen molar-refractivity contribution < 1.29 is 43.1 Å². The molecule has 0 saturated carbocycles. The molecule has 0 spiro atoms. The number of carboxylic acid groups (broad SMARTS) is 1. The van der Waals surface area contributed by atoms with Crippen LogP contribution in [0.2, 0.25) is 6.32 Å². The zero-order valence-electron chi connectivity index (χ0n) is 25.9. The number of guanidine groups is 1. The third-order valence-corrected chi connectivity index (χ3v) is 7.04. The average molecular weight is 583 g/mol. The van der Waals surface area contributed by atoms with Gasteiger partial charge < -0.3 is 34.5 Å². The van der Waals surface area contributed by atoms with Gasteiger partial charge in [0.1, 0.15) is 16.7 Å². The summed E-state index contributed by atoms with van der Waals surface area (Å²) in [5.41, 5.74) is 1.88. The molecule has 4 amide bonds. The van der Waals surface area contributed by atoms with E-state index in [0.29, 0.717) is 19.2 Å². The fourth-order valence-corrected chi connectivity index (χ4v) is 4.34. The van der Waals surface area contributed by atoms with Crippen LogP contribution < -0.4 is 16.4 Å². The second kappa shape index (κ2) is 12.1. The molecule has 2 atom stereocenters. The number of nitrogens with one attached hydrogen (secondary N) is 2. The van der Waals surface area contributed by atoms with E-state index in [1.54, 1.807) is 41.5 Å². The van der Waals surface area contributed by atoms with Crippen LogP contribution in [0.1, 0.15) is 82.1 Å². The molecule has 0 aromatic rings. The van der Waals surface area contributed by atoms with E-state index >= 15 is 0 Å². The number of ether oxygens (including phenoxy) is 2. The molecule has 0 aromatic heterocycles. The Morgan fingerprint density at radius 2 is 1.54 bits per heavy atom. The topological polar surface area (TPSA) is 191 Å². The highest BCUT2D eigenvalue weighted by atomic mass is 16.7. The van der Waals surface area contributed by atoms with E-state index in [-0.39, 0.29) is 13.1 Å². The van der Waals surface area contributed by atoms with Gasteiger partial charge in [-0.15, -0.1) is 4.99 Å². The van der Waals surface area contributed by atoms with E-state index < -0.39 is 71.1 Å². The molecule has 0 unspecified atom stereocenters. The molecule has 15 heteroatoms. The number of nitrogens with zero attached hydrogens (tertiary/aromatic N) is 2. The van der Waals surface area contributed by atoms with Gasteiger partial charge in [-0.1, -0.05) is 6.42 Å². The zero-order valence-corrected chi connectivity index (χ0v) is 25.9. The first-order valence-corrected chi connectivity index (χ1v) is 13.7. The molecule has 14 nitrogen and oxygen atoms in total. The van der Waals surface area contributed by atoms with Crippen LogP contribution in [0.5, 0.6) is 0 Å². The molecule has 2 fully saturated rings. The summed E-state index contributed by atoms with van der Waals surface area (Å²) in [5, 5.41) is 14.5. The lowest BCUT2D eigenvalue weighted by Gasteiger charge is -2.32. The Kier molecular flexibility index (Phi) is 10.2. The van der Waals surface area contributed by atoms with Gasteiger partial charge in [0.2, 0.25) is 5.96 Å². The van der Waals surface area contributed by atoms with E-state index in [1.807, 2.05) is 27.7 Å². The predicted octanol–water partition coefficient (Wildman–Crippen LogP) is 3.10. The lowest BCUT2D eigenvalue weighted by atomic mass is 9.78. The van der Waals surface area contributed by atoms with Gasteiger partial charge in [0.05, 0.1) is 17.7 Å². The summed E-state index contributed by atoms with van der Waals surface area (Å²) < 4.78 is 22.4. The fourth-order valence-electron chi connectivity index (χ4n) is 4.34. The van der Waals surface area contributed by atoms with Crippen molar-refractivity contribution in [2.75, 3.05) is 13.1 Å². The maximum atomic E-state index is 13.2. The average Bonchev–Trinajstić information content (AvgIpc) is 3.18. The van der Waals surface area contributed by atoms with Crippen molar-refractivity contribution in [2.45, 2.75) is 116 Å². The first-order chi connectivity index (χ1) is 18.4. The molecular weight excluding hydrogens is 537 g/mol. The van der Waals surface area contributed by atoms with Gasteiger partial charge >= 0.3 is 31.3 Å². The van der Waals surface area contributed by atoms with E-state index in [0.717, 1.165) is 0 Å². The summed E-state index contributed by atoms with van der Waals surface area (Å²) in [4.78, 5) is 54.9. The van der Waals surface area contributed by atoms with Crippen LogP contribution in [0.3, 0.4) is 0 Å². The summed E-state index contributed by atoms with van der Waals surface area (Å²) in [6.07, 6.45) is -0.566. The largest absolute Gasteiger partial charge is 0.480 e. The molecular formula is C26H46BN5O9. The Bertz CT molecular complexity index is 1030. The number of aliphatic imine (C=N–C) groups is 1. The Morgan fingerprint density at radius 3 is 2.02 bits per heavy atom. The Hall–Kier alpha value is -2.91. The third kappa shape index (κ3) is 9.57. The summed E-state index contributed by atoms with van der Waals surface area (Å²) in [7, 11) is -0.441. The van der Waals surface area contributed by atoms with Crippen molar-refractivity contribution >= 4 is 37.3 Å². The van der Waals surface area contributed by atoms with Gasteiger partial charge in [0, 0.05) is 12.5 Å². The molecule has 2 aliphatic heterocycles. The minimum Gasteiger partial charge on any atom is -0.480 e. The number of aliphatic carboxylic acids is 1. The number of alkyl carbamates (subject to hydrolysis) is 1. The van der Waals surface area contributed by atoms with E-state index in [9.17, 15) is 24.3 Å². The number of nitrogens with two attached hydrogens (primary N) is 1. The number of urea groups is 1. The highest BCUT2D eigenvalue weighted by Crippen LogP contribution is 2.39. The monoisotopic (exact) mass is 583 g/mol. The van der Waals surface area contributed by atoms with Crippen LogP contribution in [0.15, 0.2) is 4.99 Å². The van der Waals surface area contributed by atoms with Gasteiger partial charge in [-0.2, -0.15) is 0 Å².